The number of halogens is 3. The van der Waals surface area contributed by atoms with Gasteiger partial charge in [0.25, 0.3) is 0 Å². The van der Waals surface area contributed by atoms with Gasteiger partial charge in [-0.05, 0) is 18.2 Å². The van der Waals surface area contributed by atoms with Crippen LogP contribution in [0.25, 0.3) is 21.9 Å². The predicted molar refractivity (Wildman–Crippen MR) is 118 cm³/mol. The summed E-state index contributed by atoms with van der Waals surface area (Å²) in [7, 11) is 2.87. The van der Waals surface area contributed by atoms with Crippen molar-refractivity contribution < 1.29 is 27.4 Å². The summed E-state index contributed by atoms with van der Waals surface area (Å²) in [4.78, 5) is 18.2. The van der Waals surface area contributed by atoms with Crippen molar-refractivity contribution in [1.82, 2.24) is 19.9 Å². The molecule has 0 radical (unpaired) electrons. The first-order chi connectivity index (χ1) is 16.4. The molecule has 0 aliphatic carbocycles. The number of fused-ring (bicyclic) bond motifs is 2. The highest BCUT2D eigenvalue weighted by molar-refractivity contribution is 5.92. The van der Waals surface area contributed by atoms with Gasteiger partial charge in [-0.2, -0.15) is 13.2 Å². The average molecular weight is 471 g/mol. The van der Waals surface area contributed by atoms with Crippen LogP contribution in [0, 0.1) is 0 Å². The minimum Gasteiger partial charge on any atom is -0.493 e. The van der Waals surface area contributed by atoms with Gasteiger partial charge in [0.1, 0.15) is 11.9 Å². The van der Waals surface area contributed by atoms with Gasteiger partial charge in [-0.3, -0.25) is 0 Å². The Morgan fingerprint density at radius 2 is 1.68 bits per heavy atom. The van der Waals surface area contributed by atoms with E-state index in [1.165, 1.54) is 20.3 Å². The van der Waals surface area contributed by atoms with Crippen LogP contribution in [0.1, 0.15) is 12.2 Å². The molecule has 0 N–H and O–H groups in total. The van der Waals surface area contributed by atoms with Gasteiger partial charge in [0, 0.05) is 24.4 Å². The van der Waals surface area contributed by atoms with E-state index in [4.69, 9.17) is 14.2 Å². The summed E-state index contributed by atoms with van der Waals surface area (Å²) < 4.78 is 57.3. The Morgan fingerprint density at radius 1 is 0.941 bits per heavy atom. The molecular formula is C23H20F3N5O3. The molecule has 2 aromatic heterocycles. The quantitative estimate of drug-likeness (QED) is 0.427. The number of hydrogen-bond donors (Lipinski definition) is 0. The molecule has 1 atom stereocenters. The van der Waals surface area contributed by atoms with E-state index in [-0.39, 0.29) is 23.2 Å². The second-order valence-corrected chi connectivity index (χ2v) is 7.76. The van der Waals surface area contributed by atoms with E-state index in [9.17, 15) is 13.2 Å². The lowest BCUT2D eigenvalue weighted by molar-refractivity contribution is -0.144. The summed E-state index contributed by atoms with van der Waals surface area (Å²) in [6.07, 6.45) is -2.87. The Hall–Kier alpha value is -3.89. The van der Waals surface area contributed by atoms with Gasteiger partial charge in [-0.25, -0.2) is 19.9 Å². The SMILES string of the molecule is COc1cc2nc(C(F)(F)F)nc(N3CCC(Oc4cnc5ccccc5n4)C3)c2cc1OC. The van der Waals surface area contributed by atoms with Crippen LogP contribution in [0.2, 0.25) is 0 Å². The molecule has 0 amide bonds. The Labute approximate surface area is 192 Å². The molecule has 1 saturated heterocycles. The van der Waals surface area contributed by atoms with Gasteiger partial charge in [-0.15, -0.1) is 0 Å². The van der Waals surface area contributed by atoms with Gasteiger partial charge < -0.3 is 19.1 Å². The Bertz CT molecular complexity index is 1370. The van der Waals surface area contributed by atoms with Gasteiger partial charge >= 0.3 is 6.18 Å². The van der Waals surface area contributed by atoms with Gasteiger partial charge in [-0.1, -0.05) is 12.1 Å². The van der Waals surface area contributed by atoms with E-state index in [2.05, 4.69) is 19.9 Å². The zero-order valence-corrected chi connectivity index (χ0v) is 18.3. The molecule has 5 rings (SSSR count). The van der Waals surface area contributed by atoms with Gasteiger partial charge in [0.15, 0.2) is 11.5 Å². The smallest absolute Gasteiger partial charge is 0.451 e. The summed E-state index contributed by atoms with van der Waals surface area (Å²) in [5, 5.41) is 0.428. The van der Waals surface area contributed by atoms with Gasteiger partial charge in [0.05, 0.1) is 43.5 Å². The molecule has 8 nitrogen and oxygen atoms in total. The van der Waals surface area contributed by atoms with Crippen LogP contribution < -0.4 is 19.1 Å². The summed E-state index contributed by atoms with van der Waals surface area (Å²) in [5.41, 5.74) is 1.56. The molecule has 4 aromatic rings. The molecule has 0 bridgehead atoms. The molecule has 176 valence electrons. The van der Waals surface area contributed by atoms with E-state index in [1.807, 2.05) is 24.3 Å². The molecule has 34 heavy (non-hydrogen) atoms. The van der Waals surface area contributed by atoms with E-state index in [1.54, 1.807) is 17.2 Å². The van der Waals surface area contributed by atoms with Crippen molar-refractivity contribution in [1.29, 1.82) is 0 Å². The van der Waals surface area contributed by atoms with Crippen LogP contribution in [0.3, 0.4) is 0 Å². The largest absolute Gasteiger partial charge is 0.493 e. The van der Waals surface area contributed by atoms with E-state index in [0.29, 0.717) is 42.0 Å². The van der Waals surface area contributed by atoms with Crippen molar-refractivity contribution in [3.8, 4) is 17.4 Å². The zero-order chi connectivity index (χ0) is 23.9. The number of methoxy groups -OCH3 is 2. The molecular weight excluding hydrogens is 451 g/mol. The third-order valence-electron chi connectivity index (χ3n) is 5.59. The number of nitrogens with zero attached hydrogens (tertiary/aromatic N) is 5. The Morgan fingerprint density at radius 3 is 2.41 bits per heavy atom. The number of rotatable bonds is 5. The molecule has 0 spiro atoms. The van der Waals surface area contributed by atoms with Crippen molar-refractivity contribution in [3.05, 3.63) is 48.4 Å². The lowest BCUT2D eigenvalue weighted by Gasteiger charge is -2.21. The fraction of sp³-hybridized carbons (Fsp3) is 0.304. The number of aromatic nitrogens is 4. The highest BCUT2D eigenvalue weighted by Gasteiger charge is 2.37. The number of para-hydroxylation sites is 2. The standard InChI is InChI=1S/C23H20F3N5O3/c1-32-18-9-14-17(10-19(18)33-2)29-22(23(24,25)26)30-21(14)31-8-7-13(12-31)34-20-11-27-15-5-3-4-6-16(15)28-20/h3-6,9-11,13H,7-8,12H2,1-2H3. The maximum absolute atomic E-state index is 13.6. The van der Waals surface area contributed by atoms with Gasteiger partial charge in [0.2, 0.25) is 11.7 Å². The number of hydrogen-bond acceptors (Lipinski definition) is 8. The first kappa shape index (κ1) is 21.9. The number of anilines is 1. The summed E-state index contributed by atoms with van der Waals surface area (Å²) in [6, 6.07) is 10.4. The maximum Gasteiger partial charge on any atom is 0.451 e. The number of alkyl halides is 3. The predicted octanol–water partition coefficient (Wildman–Crippen LogP) is 4.27. The molecule has 0 saturated carbocycles. The second kappa shape index (κ2) is 8.47. The van der Waals surface area contributed by atoms with Crippen LogP contribution in [0.15, 0.2) is 42.6 Å². The molecule has 3 heterocycles. The van der Waals surface area contributed by atoms with E-state index >= 15 is 0 Å². The van der Waals surface area contributed by atoms with Crippen LogP contribution >= 0.6 is 0 Å². The second-order valence-electron chi connectivity index (χ2n) is 7.76. The van der Waals surface area contributed by atoms with Crippen LogP contribution in [-0.4, -0.2) is 53.3 Å². The molecule has 1 unspecified atom stereocenters. The molecule has 1 aliphatic rings. The van der Waals surface area contributed by atoms with Crippen molar-refractivity contribution in [2.24, 2.45) is 0 Å². The lowest BCUT2D eigenvalue weighted by Crippen LogP contribution is -2.27. The zero-order valence-electron chi connectivity index (χ0n) is 18.3. The maximum atomic E-state index is 13.6. The van der Waals surface area contributed by atoms with Crippen molar-refractivity contribution in [2.75, 3.05) is 32.2 Å². The third kappa shape index (κ3) is 4.09. The average Bonchev–Trinajstić information content (AvgIpc) is 3.29. The first-order valence-electron chi connectivity index (χ1n) is 10.5. The van der Waals surface area contributed by atoms with Crippen LogP contribution in [0.5, 0.6) is 17.4 Å². The van der Waals surface area contributed by atoms with E-state index < -0.39 is 12.0 Å². The van der Waals surface area contributed by atoms with Crippen molar-refractivity contribution >= 4 is 27.8 Å². The monoisotopic (exact) mass is 471 g/mol. The normalized spacial score (nSPS) is 16.3. The minimum atomic E-state index is -4.70. The Balaban J connectivity index is 1.47. The molecule has 11 heteroatoms. The lowest BCUT2D eigenvalue weighted by atomic mass is 10.2. The third-order valence-corrected chi connectivity index (χ3v) is 5.59. The highest BCUT2D eigenvalue weighted by atomic mass is 19.4. The van der Waals surface area contributed by atoms with Crippen molar-refractivity contribution in [2.45, 2.75) is 18.7 Å². The molecule has 1 aliphatic heterocycles. The Kier molecular flexibility index (Phi) is 5.46. The summed E-state index contributed by atoms with van der Waals surface area (Å²) in [5.74, 6) is -0.0373. The fourth-order valence-corrected chi connectivity index (χ4v) is 3.99. The van der Waals surface area contributed by atoms with Crippen LogP contribution in [-0.2, 0) is 6.18 Å². The number of ether oxygens (including phenoxy) is 3. The molecule has 2 aromatic carbocycles. The van der Waals surface area contributed by atoms with Crippen LogP contribution in [0.4, 0.5) is 19.0 Å². The van der Waals surface area contributed by atoms with E-state index in [0.717, 1.165) is 5.52 Å². The highest BCUT2D eigenvalue weighted by Crippen LogP contribution is 2.38. The number of benzene rings is 2. The fourth-order valence-electron chi connectivity index (χ4n) is 3.99. The first-order valence-corrected chi connectivity index (χ1v) is 10.5. The summed E-state index contributed by atoms with van der Waals surface area (Å²) >= 11 is 0. The topological polar surface area (TPSA) is 82.5 Å². The minimum absolute atomic E-state index is 0.111. The van der Waals surface area contributed by atoms with Crippen molar-refractivity contribution in [3.63, 3.8) is 0 Å². The summed E-state index contributed by atoms with van der Waals surface area (Å²) in [6.45, 7) is 0.774. The molecule has 1 fully saturated rings.